The van der Waals surface area contributed by atoms with Crippen molar-refractivity contribution < 1.29 is 37.8 Å². The molecular weight excluding hydrogens is 750 g/mol. The molecule has 2 bridgehead atoms. The van der Waals surface area contributed by atoms with E-state index < -0.39 is 58.7 Å². The van der Waals surface area contributed by atoms with Gasteiger partial charge in [-0.25, -0.2) is 9.18 Å². The van der Waals surface area contributed by atoms with Crippen LogP contribution in [0, 0.1) is 17.7 Å². The molecule has 5 heterocycles. The van der Waals surface area contributed by atoms with Crippen molar-refractivity contribution in [3.63, 3.8) is 0 Å². The largest absolute Gasteiger partial charge is 0.497 e. The number of amides is 2. The second-order valence-corrected chi connectivity index (χ2v) is 15.5. The van der Waals surface area contributed by atoms with Crippen LogP contribution in [-0.4, -0.2) is 55.0 Å². The van der Waals surface area contributed by atoms with Gasteiger partial charge < -0.3 is 28.9 Å². The predicted octanol–water partition coefficient (Wildman–Crippen LogP) is 6.84. The van der Waals surface area contributed by atoms with Crippen LogP contribution in [0.15, 0.2) is 151 Å². The zero-order chi connectivity index (χ0) is 40.6. The number of Topliss-reactive ketones (excluding diaryl/α,β-unsaturated/α-hetero) is 1. The van der Waals surface area contributed by atoms with E-state index in [1.165, 1.54) is 26.4 Å². The van der Waals surface area contributed by atoms with Gasteiger partial charge in [-0.15, -0.1) is 0 Å². The molecule has 5 aromatic rings. The van der Waals surface area contributed by atoms with Crippen LogP contribution in [0.3, 0.4) is 0 Å². The SMILES string of the molecule is COC(=O)C1=CN2[C@H]3C=C[C@@H]([C@@H]2O[C@@]12C(=O)N(Cc1ccccc1)c1ccccc12)[C@H](C(=O)c1cccc(OC)c1)[C@@]31C(=O)N(Cc2ccccc2)c2ccc(F)cc21. The molecule has 1 saturated heterocycles. The Kier molecular flexibility index (Phi) is 8.43. The summed E-state index contributed by atoms with van der Waals surface area (Å²) in [5.74, 6) is -4.23. The highest BCUT2D eigenvalue weighted by molar-refractivity contribution is 6.16. The molecule has 1 fully saturated rings. The number of ketones is 1. The first kappa shape index (κ1) is 36.5. The lowest BCUT2D eigenvalue weighted by Crippen LogP contribution is -2.73. The summed E-state index contributed by atoms with van der Waals surface area (Å²) in [4.78, 5) is 65.5. The summed E-state index contributed by atoms with van der Waals surface area (Å²) < 4.78 is 33.8. The summed E-state index contributed by atoms with van der Waals surface area (Å²) in [6.07, 6.45) is 4.24. The van der Waals surface area contributed by atoms with Crippen molar-refractivity contribution in [3.8, 4) is 5.75 Å². The van der Waals surface area contributed by atoms with Gasteiger partial charge in [0.05, 0.1) is 50.5 Å². The van der Waals surface area contributed by atoms with E-state index in [-0.39, 0.29) is 24.4 Å². The smallest absolute Gasteiger partial charge is 0.339 e. The van der Waals surface area contributed by atoms with Gasteiger partial charge >= 0.3 is 5.97 Å². The number of halogens is 1. The molecule has 11 rings (SSSR count). The average Bonchev–Trinajstić information content (AvgIpc) is 3.63. The first-order valence-corrected chi connectivity index (χ1v) is 19.5. The van der Waals surface area contributed by atoms with Crippen molar-refractivity contribution in [1.29, 1.82) is 0 Å². The van der Waals surface area contributed by atoms with E-state index in [1.54, 1.807) is 63.4 Å². The van der Waals surface area contributed by atoms with E-state index in [0.29, 0.717) is 33.8 Å². The maximum atomic E-state index is 15.7. The Morgan fingerprint density at radius 2 is 1.39 bits per heavy atom. The summed E-state index contributed by atoms with van der Waals surface area (Å²) in [5, 5.41) is 0. The normalized spacial score (nSPS) is 25.9. The van der Waals surface area contributed by atoms with Crippen molar-refractivity contribution in [2.24, 2.45) is 11.8 Å². The molecule has 0 saturated carbocycles. The Morgan fingerprint density at radius 3 is 2.08 bits per heavy atom. The summed E-state index contributed by atoms with van der Waals surface area (Å²) >= 11 is 0. The molecule has 0 N–H and O–H groups in total. The molecule has 6 aliphatic rings. The van der Waals surface area contributed by atoms with Crippen molar-refractivity contribution in [3.05, 3.63) is 185 Å². The number of piperidine rings is 1. The predicted molar refractivity (Wildman–Crippen MR) is 216 cm³/mol. The number of nitrogens with zero attached hydrogens (tertiary/aromatic N) is 3. The van der Waals surface area contributed by atoms with Crippen LogP contribution in [0.2, 0.25) is 0 Å². The number of fused-ring (bicyclic) bond motifs is 3. The van der Waals surface area contributed by atoms with Gasteiger partial charge in [-0.05, 0) is 53.1 Å². The highest BCUT2D eigenvalue weighted by atomic mass is 19.1. The van der Waals surface area contributed by atoms with Crippen LogP contribution in [0.4, 0.5) is 15.8 Å². The van der Waals surface area contributed by atoms with Crippen LogP contribution >= 0.6 is 0 Å². The lowest BCUT2D eigenvalue weighted by molar-refractivity contribution is -0.209. The Labute approximate surface area is 339 Å². The van der Waals surface area contributed by atoms with Crippen molar-refractivity contribution in [2.75, 3.05) is 24.0 Å². The lowest BCUT2D eigenvalue weighted by Gasteiger charge is -2.61. The number of esters is 1. The van der Waals surface area contributed by atoms with E-state index in [9.17, 15) is 4.79 Å². The minimum absolute atomic E-state index is 0.0814. The summed E-state index contributed by atoms with van der Waals surface area (Å²) in [7, 11) is 2.75. The fourth-order valence-electron chi connectivity index (χ4n) is 10.1. The number of para-hydroxylation sites is 1. The van der Waals surface area contributed by atoms with Crippen LogP contribution in [0.25, 0.3) is 0 Å². The number of carbonyl (C=O) groups is 4. The van der Waals surface area contributed by atoms with Crippen molar-refractivity contribution in [2.45, 2.75) is 36.4 Å². The second kappa shape index (κ2) is 13.6. The van der Waals surface area contributed by atoms with Crippen LogP contribution < -0.4 is 14.5 Å². The fourth-order valence-corrected chi connectivity index (χ4v) is 10.1. The fraction of sp³-hybridized carbons (Fsp3) is 0.208. The first-order valence-electron chi connectivity index (χ1n) is 19.5. The van der Waals surface area contributed by atoms with E-state index in [0.717, 1.165) is 11.1 Å². The average molecular weight is 788 g/mol. The molecule has 0 aromatic heterocycles. The Morgan fingerprint density at radius 1 is 0.729 bits per heavy atom. The van der Waals surface area contributed by atoms with Crippen molar-refractivity contribution in [1.82, 2.24) is 4.90 Å². The number of methoxy groups -OCH3 is 2. The van der Waals surface area contributed by atoms with Gasteiger partial charge in [-0.2, -0.15) is 0 Å². The van der Waals surface area contributed by atoms with E-state index >= 15 is 18.8 Å². The van der Waals surface area contributed by atoms with Crippen LogP contribution in [0.5, 0.6) is 5.75 Å². The summed E-state index contributed by atoms with van der Waals surface area (Å²) in [5.41, 5.74) is 0.0857. The molecule has 5 aromatic carbocycles. The minimum atomic E-state index is -1.97. The van der Waals surface area contributed by atoms with E-state index in [4.69, 9.17) is 14.2 Å². The molecular formula is C48H38FN3O7. The van der Waals surface area contributed by atoms with Gasteiger partial charge in [-0.1, -0.05) is 103 Å². The third kappa shape index (κ3) is 5.13. The number of hydrogen-bond donors (Lipinski definition) is 0. The zero-order valence-electron chi connectivity index (χ0n) is 32.2. The first-order chi connectivity index (χ1) is 28.7. The molecule has 1 aliphatic carbocycles. The number of carbonyl (C=O) groups excluding carboxylic acids is 4. The third-order valence-electron chi connectivity index (χ3n) is 12.6. The van der Waals surface area contributed by atoms with Gasteiger partial charge in [0.15, 0.2) is 5.78 Å². The highest BCUT2D eigenvalue weighted by Crippen LogP contribution is 2.63. The molecule has 294 valence electrons. The number of benzene rings is 5. The second-order valence-electron chi connectivity index (χ2n) is 15.5. The van der Waals surface area contributed by atoms with Crippen LogP contribution in [0.1, 0.15) is 32.6 Å². The molecule has 5 aliphatic heterocycles. The molecule has 6 atom stereocenters. The standard InChI is InChI=1S/C48H38FN3O7/c1-57-33-17-11-16-31(24-33)42(53)41-34-21-23-40(47(41)36-25-32(49)20-22-39(36)50(45(47)55)26-29-12-5-3-6-13-29)52-28-37(44(54)58-2)48(59-43(34)52)35-18-9-10-19-38(35)51(46(48)56)27-30-14-7-4-8-15-30/h3-25,28,34,40-41,43H,26-27H2,1-2H3/t34-,40+,41-,43+,47+,48-/m1/s1. The monoisotopic (exact) mass is 787 g/mol. The van der Waals surface area contributed by atoms with Gasteiger partial charge in [0.25, 0.3) is 5.91 Å². The quantitative estimate of drug-likeness (QED) is 0.0957. The van der Waals surface area contributed by atoms with Gasteiger partial charge in [0.1, 0.15) is 23.2 Å². The molecule has 2 spiro atoms. The molecule has 0 radical (unpaired) electrons. The Balaban J connectivity index is 1.19. The number of ether oxygens (including phenoxy) is 3. The molecule has 11 heteroatoms. The molecule has 2 amide bonds. The Bertz CT molecular complexity index is 2630. The minimum Gasteiger partial charge on any atom is -0.497 e. The highest BCUT2D eigenvalue weighted by Gasteiger charge is 2.73. The zero-order valence-corrected chi connectivity index (χ0v) is 32.2. The maximum Gasteiger partial charge on any atom is 0.339 e. The van der Waals surface area contributed by atoms with Crippen LogP contribution in [-0.2, 0) is 48.0 Å². The maximum absolute atomic E-state index is 15.7. The van der Waals surface area contributed by atoms with E-state index in [2.05, 4.69) is 0 Å². The summed E-state index contributed by atoms with van der Waals surface area (Å²) in [6.45, 7) is 0.362. The number of anilines is 2. The van der Waals surface area contributed by atoms with Gasteiger partial charge in [0.2, 0.25) is 11.5 Å². The molecule has 59 heavy (non-hydrogen) atoms. The third-order valence-corrected chi connectivity index (χ3v) is 12.6. The molecule has 0 unspecified atom stereocenters. The molecule has 10 nitrogen and oxygen atoms in total. The Hall–Kier alpha value is -6.85. The lowest BCUT2D eigenvalue weighted by atomic mass is 9.53. The van der Waals surface area contributed by atoms with Gasteiger partial charge in [-0.3, -0.25) is 14.4 Å². The number of hydrogen-bond acceptors (Lipinski definition) is 8. The number of rotatable bonds is 8. The summed E-state index contributed by atoms with van der Waals surface area (Å²) in [6, 6.07) is 36.2. The van der Waals surface area contributed by atoms with Crippen molar-refractivity contribution >= 4 is 34.9 Å². The van der Waals surface area contributed by atoms with Gasteiger partial charge in [0, 0.05) is 28.9 Å². The topological polar surface area (TPSA) is 106 Å². The van der Waals surface area contributed by atoms with E-state index in [1.807, 2.05) is 84.9 Å².